The first-order valence-corrected chi connectivity index (χ1v) is 3.59. The molecule has 1 rings (SSSR count). The Kier molecular flexibility index (Phi) is 2.42. The van der Waals surface area contributed by atoms with E-state index in [9.17, 15) is 4.91 Å². The fourth-order valence-electron chi connectivity index (χ4n) is 0.632. The normalized spacial score (nSPS) is 9.73. The topological polar surface area (TPSA) is 33.0 Å². The van der Waals surface area contributed by atoms with Crippen molar-refractivity contribution in [1.29, 1.82) is 0 Å². The van der Waals surface area contributed by atoms with Crippen molar-refractivity contribution in [1.82, 2.24) is 4.98 Å². The zero-order valence-electron chi connectivity index (χ0n) is 5.71. The summed E-state index contributed by atoms with van der Waals surface area (Å²) in [5, 5.41) is 0.586. The quantitative estimate of drug-likeness (QED) is 0.505. The Morgan fingerprint density at radius 3 is 2.64 bits per heavy atom. The fourth-order valence-corrected chi connectivity index (χ4v) is 1.12. The fraction of sp³-hybridized carbons (Fsp3) is 0.167. The van der Waals surface area contributed by atoms with Gasteiger partial charge in [0, 0.05) is 15.7 Å². The van der Waals surface area contributed by atoms with E-state index in [1.54, 1.807) is 0 Å². The van der Waals surface area contributed by atoms with Gasteiger partial charge in [-0.05, 0) is 0 Å². The van der Waals surface area contributed by atoms with Gasteiger partial charge in [0.25, 0.3) is 5.69 Å². The van der Waals surface area contributed by atoms with Crippen LogP contribution in [0.1, 0.15) is 0 Å². The summed E-state index contributed by atoms with van der Waals surface area (Å²) < 4.78 is 0.631. The summed E-state index contributed by atoms with van der Waals surface area (Å²) in [7, 11) is 1.34. The van der Waals surface area contributed by atoms with E-state index in [4.69, 9.17) is 23.2 Å². The van der Waals surface area contributed by atoms with E-state index >= 15 is 0 Å². The van der Waals surface area contributed by atoms with Crippen LogP contribution in [0.2, 0.25) is 10.2 Å². The lowest BCUT2D eigenvalue weighted by Crippen LogP contribution is -1.92. The summed E-state index contributed by atoms with van der Waals surface area (Å²) >= 11 is 11.2. The second-order valence-electron chi connectivity index (χ2n) is 1.96. The van der Waals surface area contributed by atoms with Crippen molar-refractivity contribution in [3.05, 3.63) is 27.3 Å². The predicted molar refractivity (Wildman–Crippen MR) is 43.5 cm³/mol. The minimum absolute atomic E-state index is 0.278. The first-order valence-electron chi connectivity index (χ1n) is 2.83. The van der Waals surface area contributed by atoms with Gasteiger partial charge in [-0.3, -0.25) is 0 Å². The maximum absolute atomic E-state index is 10.7. The standard InChI is InChI=1S/C6H5Cl2N2O/c1-10(11)5-3-9-6(8)2-4(5)7/h2-3H,1H3/q+1. The van der Waals surface area contributed by atoms with Crippen LogP contribution in [-0.2, 0) is 0 Å². The highest BCUT2D eigenvalue weighted by Gasteiger charge is 2.13. The van der Waals surface area contributed by atoms with Crippen LogP contribution >= 0.6 is 23.2 Å². The molecule has 1 heterocycles. The van der Waals surface area contributed by atoms with E-state index < -0.39 is 0 Å². The molecule has 3 nitrogen and oxygen atoms in total. The molecule has 1 aromatic rings. The SMILES string of the molecule is C[N+](=O)c1cnc(Cl)cc1Cl. The lowest BCUT2D eigenvalue weighted by atomic mass is 10.4. The third kappa shape index (κ3) is 1.88. The number of halogens is 2. The van der Waals surface area contributed by atoms with Gasteiger partial charge < -0.3 is 0 Å². The van der Waals surface area contributed by atoms with E-state index in [0.29, 0.717) is 15.5 Å². The lowest BCUT2D eigenvalue weighted by Gasteiger charge is -1.91. The van der Waals surface area contributed by atoms with Crippen molar-refractivity contribution >= 4 is 28.9 Å². The molecule has 0 amide bonds. The Morgan fingerprint density at radius 2 is 2.18 bits per heavy atom. The summed E-state index contributed by atoms with van der Waals surface area (Å²) in [6.07, 6.45) is 1.33. The molecular formula is C6H5Cl2N2O+. The molecule has 1 aromatic heterocycles. The minimum Gasteiger partial charge on any atom is -0.237 e. The monoisotopic (exact) mass is 191 g/mol. The Balaban J connectivity index is 3.20. The summed E-state index contributed by atoms with van der Waals surface area (Å²) in [6, 6.07) is 1.42. The van der Waals surface area contributed by atoms with E-state index in [-0.39, 0.29) is 5.15 Å². The molecule has 0 aliphatic carbocycles. The number of pyridine rings is 1. The molecule has 0 radical (unpaired) electrons. The van der Waals surface area contributed by atoms with Crippen LogP contribution in [-0.4, -0.2) is 16.8 Å². The third-order valence-corrected chi connectivity index (χ3v) is 1.65. The minimum atomic E-state index is 0.278. The van der Waals surface area contributed by atoms with Crippen LogP contribution in [0.15, 0.2) is 12.3 Å². The zero-order valence-corrected chi connectivity index (χ0v) is 7.23. The molecule has 0 bridgehead atoms. The van der Waals surface area contributed by atoms with Crippen LogP contribution in [0.3, 0.4) is 0 Å². The highest BCUT2D eigenvalue weighted by molar-refractivity contribution is 6.35. The van der Waals surface area contributed by atoms with Gasteiger partial charge in [-0.2, -0.15) is 0 Å². The molecule has 0 spiro atoms. The first kappa shape index (κ1) is 8.43. The zero-order chi connectivity index (χ0) is 8.43. The van der Waals surface area contributed by atoms with Crippen LogP contribution in [0.4, 0.5) is 5.69 Å². The predicted octanol–water partition coefficient (Wildman–Crippen LogP) is 2.43. The molecule has 58 valence electrons. The Bertz CT molecular complexity index is 301. The Morgan fingerprint density at radius 1 is 1.55 bits per heavy atom. The van der Waals surface area contributed by atoms with E-state index in [2.05, 4.69) is 4.98 Å². The second kappa shape index (κ2) is 3.15. The molecule has 5 heteroatoms. The van der Waals surface area contributed by atoms with Crippen LogP contribution in [0.5, 0.6) is 0 Å². The molecule has 0 N–H and O–H groups in total. The molecule has 0 saturated heterocycles. The number of aromatic nitrogens is 1. The maximum atomic E-state index is 10.7. The summed E-state index contributed by atoms with van der Waals surface area (Å²) in [6.45, 7) is 0. The van der Waals surface area contributed by atoms with Crippen molar-refractivity contribution in [2.75, 3.05) is 7.05 Å². The number of nitrogens with zero attached hydrogens (tertiary/aromatic N) is 2. The Labute approximate surface area is 73.5 Å². The van der Waals surface area contributed by atoms with Crippen LogP contribution < -0.4 is 0 Å². The van der Waals surface area contributed by atoms with Crippen LogP contribution in [0.25, 0.3) is 0 Å². The van der Waals surface area contributed by atoms with Crippen molar-refractivity contribution in [2.45, 2.75) is 0 Å². The number of nitroso groups, excluding NO2 is 1. The van der Waals surface area contributed by atoms with Gasteiger partial charge in [0.1, 0.15) is 16.4 Å². The van der Waals surface area contributed by atoms with Gasteiger partial charge in [-0.25, -0.2) is 4.98 Å². The molecule has 0 aliphatic heterocycles. The Hall–Kier alpha value is -0.670. The molecule has 0 aromatic carbocycles. The summed E-state index contributed by atoms with van der Waals surface area (Å²) in [4.78, 5) is 14.4. The molecule has 0 saturated carbocycles. The highest BCUT2D eigenvalue weighted by Crippen LogP contribution is 2.24. The molecule has 0 aliphatic rings. The first-order chi connectivity index (χ1) is 5.11. The van der Waals surface area contributed by atoms with Gasteiger partial charge in [0.15, 0.2) is 7.05 Å². The second-order valence-corrected chi connectivity index (χ2v) is 2.75. The van der Waals surface area contributed by atoms with Gasteiger partial charge in [0.05, 0.1) is 0 Å². The van der Waals surface area contributed by atoms with Crippen molar-refractivity contribution in [3.63, 3.8) is 0 Å². The van der Waals surface area contributed by atoms with E-state index in [1.807, 2.05) is 0 Å². The number of hydrogen-bond donors (Lipinski definition) is 0. The van der Waals surface area contributed by atoms with Gasteiger partial charge in [-0.1, -0.05) is 23.2 Å². The number of hydrogen-bond acceptors (Lipinski definition) is 2. The molecule has 0 unspecified atom stereocenters. The number of rotatable bonds is 1. The molecular weight excluding hydrogens is 187 g/mol. The maximum Gasteiger partial charge on any atom is 0.292 e. The third-order valence-electron chi connectivity index (χ3n) is 1.14. The van der Waals surface area contributed by atoms with E-state index in [1.165, 1.54) is 19.3 Å². The summed E-state index contributed by atoms with van der Waals surface area (Å²) in [5.74, 6) is 0. The van der Waals surface area contributed by atoms with Crippen molar-refractivity contribution in [3.8, 4) is 0 Å². The van der Waals surface area contributed by atoms with Gasteiger partial charge in [-0.15, -0.1) is 0 Å². The van der Waals surface area contributed by atoms with Crippen molar-refractivity contribution in [2.24, 2.45) is 0 Å². The highest BCUT2D eigenvalue weighted by atomic mass is 35.5. The van der Waals surface area contributed by atoms with Gasteiger partial charge in [0.2, 0.25) is 0 Å². The van der Waals surface area contributed by atoms with Gasteiger partial charge >= 0.3 is 0 Å². The summed E-state index contributed by atoms with van der Waals surface area (Å²) in [5.41, 5.74) is 0.316. The largest absolute Gasteiger partial charge is 0.292 e. The average molecular weight is 192 g/mol. The van der Waals surface area contributed by atoms with E-state index in [0.717, 1.165) is 0 Å². The van der Waals surface area contributed by atoms with Crippen LogP contribution in [0, 0.1) is 4.91 Å². The lowest BCUT2D eigenvalue weighted by molar-refractivity contribution is -0.428. The van der Waals surface area contributed by atoms with Crippen molar-refractivity contribution < 1.29 is 4.76 Å². The average Bonchev–Trinajstić information content (AvgIpc) is 1.85. The molecule has 0 fully saturated rings. The molecule has 11 heavy (non-hydrogen) atoms. The smallest absolute Gasteiger partial charge is 0.237 e. The molecule has 0 atom stereocenters.